The maximum Gasteiger partial charge on any atom is 0.237 e. The van der Waals surface area contributed by atoms with Crippen LogP contribution in [0.1, 0.15) is 64.7 Å². The predicted molar refractivity (Wildman–Crippen MR) is 80.5 cm³/mol. The Morgan fingerprint density at radius 1 is 1.25 bits per heavy atom. The maximum absolute atomic E-state index is 12.2. The summed E-state index contributed by atoms with van der Waals surface area (Å²) < 4.78 is 0. The van der Waals surface area contributed by atoms with E-state index in [2.05, 4.69) is 17.6 Å². The minimum absolute atomic E-state index is 0.0620. The number of aliphatic hydroxyl groups is 1. The lowest BCUT2D eigenvalue weighted by Gasteiger charge is -2.36. The fraction of sp³-hybridized carbons (Fsp3) is 0.938. The maximum atomic E-state index is 12.2. The van der Waals surface area contributed by atoms with Crippen LogP contribution in [-0.4, -0.2) is 35.7 Å². The predicted octanol–water partition coefficient (Wildman–Crippen LogP) is 1.97. The summed E-state index contributed by atoms with van der Waals surface area (Å²) in [6, 6.07) is -0.0620. The van der Waals surface area contributed by atoms with Gasteiger partial charge in [-0.3, -0.25) is 4.79 Å². The average molecular weight is 282 g/mol. The summed E-state index contributed by atoms with van der Waals surface area (Å²) in [5.41, 5.74) is -0.675. The first-order valence-corrected chi connectivity index (χ1v) is 8.36. The quantitative estimate of drug-likeness (QED) is 0.739. The van der Waals surface area contributed by atoms with Gasteiger partial charge < -0.3 is 15.7 Å². The van der Waals surface area contributed by atoms with Crippen LogP contribution in [0, 0.1) is 5.92 Å². The summed E-state index contributed by atoms with van der Waals surface area (Å²) in [6.07, 6.45) is 9.43. The average Bonchev–Trinajstić information content (AvgIpc) is 2.75. The highest BCUT2D eigenvalue weighted by Gasteiger charge is 2.33. The van der Waals surface area contributed by atoms with Gasteiger partial charge in [-0.05, 0) is 51.0 Å². The van der Waals surface area contributed by atoms with Gasteiger partial charge in [0.05, 0.1) is 11.6 Å². The molecule has 1 amide bonds. The zero-order valence-electron chi connectivity index (χ0n) is 12.8. The Bertz CT molecular complexity index is 304. The van der Waals surface area contributed by atoms with Gasteiger partial charge in [-0.15, -0.1) is 0 Å². The molecule has 4 heteroatoms. The van der Waals surface area contributed by atoms with Crippen LogP contribution in [0.5, 0.6) is 0 Å². The molecule has 1 atom stereocenters. The van der Waals surface area contributed by atoms with E-state index in [1.807, 2.05) is 0 Å². The highest BCUT2D eigenvalue weighted by atomic mass is 16.3. The summed E-state index contributed by atoms with van der Waals surface area (Å²) in [6.45, 7) is 3.57. The highest BCUT2D eigenvalue weighted by molar-refractivity contribution is 5.81. The van der Waals surface area contributed by atoms with Gasteiger partial charge >= 0.3 is 0 Å². The third kappa shape index (κ3) is 4.45. The normalized spacial score (nSPS) is 35.3. The molecule has 0 aromatic heterocycles. The van der Waals surface area contributed by atoms with Gasteiger partial charge in [0, 0.05) is 6.54 Å². The van der Waals surface area contributed by atoms with Gasteiger partial charge in [0.25, 0.3) is 0 Å². The molecule has 0 aromatic carbocycles. The number of hydrogen-bond acceptors (Lipinski definition) is 3. The molecule has 0 aromatic rings. The molecule has 20 heavy (non-hydrogen) atoms. The van der Waals surface area contributed by atoms with Gasteiger partial charge in [-0.25, -0.2) is 0 Å². The van der Waals surface area contributed by atoms with E-state index in [1.165, 1.54) is 12.8 Å². The largest absolute Gasteiger partial charge is 0.388 e. The first kappa shape index (κ1) is 15.8. The second-order valence-corrected chi connectivity index (χ2v) is 6.65. The molecule has 3 N–H and O–H groups in total. The van der Waals surface area contributed by atoms with Crippen LogP contribution in [0.25, 0.3) is 0 Å². The molecule has 1 aliphatic carbocycles. The lowest BCUT2D eigenvalue weighted by Crippen LogP contribution is -2.50. The number of rotatable bonds is 4. The second kappa shape index (κ2) is 7.41. The molecule has 2 aliphatic rings. The van der Waals surface area contributed by atoms with Crippen LogP contribution >= 0.6 is 0 Å². The Morgan fingerprint density at radius 2 is 2.00 bits per heavy atom. The molecule has 1 saturated carbocycles. The smallest absolute Gasteiger partial charge is 0.237 e. The third-order valence-corrected chi connectivity index (χ3v) is 5.08. The molecular formula is C16H30N2O2. The van der Waals surface area contributed by atoms with Gasteiger partial charge in [0.2, 0.25) is 5.91 Å². The van der Waals surface area contributed by atoms with Crippen molar-refractivity contribution in [3.8, 4) is 0 Å². The number of nitrogens with one attached hydrogen (secondary N) is 2. The van der Waals surface area contributed by atoms with Crippen LogP contribution in [-0.2, 0) is 4.79 Å². The van der Waals surface area contributed by atoms with E-state index >= 15 is 0 Å². The Morgan fingerprint density at radius 3 is 2.70 bits per heavy atom. The van der Waals surface area contributed by atoms with E-state index < -0.39 is 5.60 Å². The SMILES string of the molecule is CCC1CCC(O)(CNC(=O)C2CCCCCN2)CC1. The lowest BCUT2D eigenvalue weighted by molar-refractivity contribution is -0.125. The van der Waals surface area contributed by atoms with Crippen molar-refractivity contribution in [3.05, 3.63) is 0 Å². The van der Waals surface area contributed by atoms with Gasteiger partial charge in [0.1, 0.15) is 0 Å². The van der Waals surface area contributed by atoms with Crippen molar-refractivity contribution >= 4 is 5.91 Å². The van der Waals surface area contributed by atoms with E-state index in [9.17, 15) is 9.90 Å². The van der Waals surface area contributed by atoms with Crippen molar-refractivity contribution in [1.82, 2.24) is 10.6 Å². The molecule has 0 spiro atoms. The number of carbonyl (C=O) groups excluding carboxylic acids is 1. The molecule has 0 radical (unpaired) electrons. The molecule has 1 saturated heterocycles. The molecule has 1 unspecified atom stereocenters. The van der Waals surface area contributed by atoms with Gasteiger partial charge in [-0.2, -0.15) is 0 Å². The number of amides is 1. The molecule has 2 rings (SSSR count). The zero-order valence-corrected chi connectivity index (χ0v) is 12.8. The van der Waals surface area contributed by atoms with Crippen molar-refractivity contribution < 1.29 is 9.90 Å². The summed E-state index contributed by atoms with van der Waals surface area (Å²) >= 11 is 0. The first-order chi connectivity index (χ1) is 9.63. The monoisotopic (exact) mass is 282 g/mol. The van der Waals surface area contributed by atoms with Crippen molar-refractivity contribution in [1.29, 1.82) is 0 Å². The van der Waals surface area contributed by atoms with Crippen molar-refractivity contribution in [2.45, 2.75) is 76.4 Å². The van der Waals surface area contributed by atoms with Crippen LogP contribution in [0.4, 0.5) is 0 Å². The number of carbonyl (C=O) groups is 1. The molecule has 2 fully saturated rings. The number of hydrogen-bond donors (Lipinski definition) is 3. The summed E-state index contributed by atoms with van der Waals surface area (Å²) in [4.78, 5) is 12.2. The third-order valence-electron chi connectivity index (χ3n) is 5.08. The topological polar surface area (TPSA) is 61.4 Å². The molecule has 116 valence electrons. The summed E-state index contributed by atoms with van der Waals surface area (Å²) in [5.74, 6) is 0.826. The molecule has 0 bridgehead atoms. The molecular weight excluding hydrogens is 252 g/mol. The first-order valence-electron chi connectivity index (χ1n) is 8.36. The Balaban J connectivity index is 1.74. The second-order valence-electron chi connectivity index (χ2n) is 6.65. The Kier molecular flexibility index (Phi) is 5.85. The van der Waals surface area contributed by atoms with E-state index in [0.29, 0.717) is 6.54 Å². The van der Waals surface area contributed by atoms with Crippen LogP contribution in [0.15, 0.2) is 0 Å². The van der Waals surface area contributed by atoms with Crippen LogP contribution < -0.4 is 10.6 Å². The minimum Gasteiger partial charge on any atom is -0.388 e. The van der Waals surface area contributed by atoms with E-state index in [4.69, 9.17) is 0 Å². The van der Waals surface area contributed by atoms with Crippen LogP contribution in [0.3, 0.4) is 0 Å². The fourth-order valence-electron chi connectivity index (χ4n) is 3.43. The highest BCUT2D eigenvalue weighted by Crippen LogP contribution is 2.33. The van der Waals surface area contributed by atoms with Crippen LogP contribution in [0.2, 0.25) is 0 Å². The molecule has 1 heterocycles. The van der Waals surface area contributed by atoms with E-state index in [-0.39, 0.29) is 11.9 Å². The van der Waals surface area contributed by atoms with E-state index in [0.717, 1.165) is 57.4 Å². The van der Waals surface area contributed by atoms with Crippen molar-refractivity contribution in [2.75, 3.05) is 13.1 Å². The molecule has 4 nitrogen and oxygen atoms in total. The summed E-state index contributed by atoms with van der Waals surface area (Å²) in [7, 11) is 0. The summed E-state index contributed by atoms with van der Waals surface area (Å²) in [5, 5.41) is 16.8. The minimum atomic E-state index is -0.675. The van der Waals surface area contributed by atoms with Crippen molar-refractivity contribution in [2.24, 2.45) is 5.92 Å². The van der Waals surface area contributed by atoms with Gasteiger partial charge in [-0.1, -0.05) is 26.2 Å². The Hall–Kier alpha value is -0.610. The van der Waals surface area contributed by atoms with Crippen molar-refractivity contribution in [3.63, 3.8) is 0 Å². The standard InChI is InChI=1S/C16H30N2O2/c1-2-13-7-9-16(20,10-8-13)12-18-15(19)14-6-4-3-5-11-17-14/h13-14,17,20H,2-12H2,1H3,(H,18,19). The lowest BCUT2D eigenvalue weighted by atomic mass is 9.78. The van der Waals surface area contributed by atoms with E-state index in [1.54, 1.807) is 0 Å². The zero-order chi connectivity index (χ0) is 14.4. The van der Waals surface area contributed by atoms with Gasteiger partial charge in [0.15, 0.2) is 0 Å². The fourth-order valence-corrected chi connectivity index (χ4v) is 3.43. The molecule has 1 aliphatic heterocycles. The Labute approximate surface area is 122 Å².